The van der Waals surface area contributed by atoms with Gasteiger partial charge in [0, 0.05) is 17.4 Å². The van der Waals surface area contributed by atoms with Gasteiger partial charge in [0.1, 0.15) is 0 Å². The Balaban J connectivity index is 1.76. The molecular weight excluding hydrogens is 302 g/mol. The third-order valence-electron chi connectivity index (χ3n) is 3.85. The minimum absolute atomic E-state index is 0.156. The van der Waals surface area contributed by atoms with Crippen LogP contribution in [0.5, 0.6) is 0 Å². The number of hydrogen-bond donors (Lipinski definition) is 3. The lowest BCUT2D eigenvalue weighted by molar-refractivity contribution is -0.117. The van der Waals surface area contributed by atoms with E-state index in [9.17, 15) is 4.79 Å². The van der Waals surface area contributed by atoms with Gasteiger partial charge in [-0.05, 0) is 36.1 Å². The van der Waals surface area contributed by atoms with Crippen molar-refractivity contribution in [2.45, 2.75) is 26.3 Å². The molecule has 3 aromatic rings. The molecule has 1 amide bonds. The van der Waals surface area contributed by atoms with Gasteiger partial charge in [0.25, 0.3) is 0 Å². The molecule has 24 heavy (non-hydrogen) atoms. The van der Waals surface area contributed by atoms with Crippen molar-refractivity contribution in [2.24, 2.45) is 11.7 Å². The van der Waals surface area contributed by atoms with Gasteiger partial charge >= 0.3 is 0 Å². The van der Waals surface area contributed by atoms with Crippen LogP contribution >= 0.6 is 0 Å². The predicted molar refractivity (Wildman–Crippen MR) is 95.4 cm³/mol. The highest BCUT2D eigenvalue weighted by Crippen LogP contribution is 2.26. The fraction of sp³-hybridized carbons (Fsp3) is 0.278. The molecule has 2 aromatic heterocycles. The van der Waals surface area contributed by atoms with Gasteiger partial charge in [-0.1, -0.05) is 26.0 Å². The molecular formula is C18H21N5O. The summed E-state index contributed by atoms with van der Waals surface area (Å²) in [5.74, 6) is 0.230. The first-order chi connectivity index (χ1) is 11.5. The standard InChI is InChI=1S/C18H21N5O/c1-11(2)9-15(19)18(24)23-13-5-3-12(4-6-13)14-7-8-20-17-16(14)21-10-22-17/h3-8,10-11,15H,9,19H2,1-2H3,(H,23,24)(H,20,21,22)/t15-/m1/s1. The summed E-state index contributed by atoms with van der Waals surface area (Å²) in [4.78, 5) is 23.6. The van der Waals surface area contributed by atoms with Crippen LogP contribution in [-0.2, 0) is 4.79 Å². The van der Waals surface area contributed by atoms with E-state index >= 15 is 0 Å². The molecule has 0 saturated carbocycles. The Morgan fingerprint density at radius 3 is 2.67 bits per heavy atom. The predicted octanol–water partition coefficient (Wildman–Crippen LogP) is 2.94. The third-order valence-corrected chi connectivity index (χ3v) is 3.85. The number of H-pyrrole nitrogens is 1. The van der Waals surface area contributed by atoms with Crippen LogP contribution < -0.4 is 11.1 Å². The largest absolute Gasteiger partial charge is 0.343 e. The number of imidazole rings is 1. The number of rotatable bonds is 5. The fourth-order valence-electron chi connectivity index (χ4n) is 2.67. The second-order valence-electron chi connectivity index (χ2n) is 6.26. The van der Waals surface area contributed by atoms with Crippen molar-refractivity contribution in [3.63, 3.8) is 0 Å². The number of hydrogen-bond acceptors (Lipinski definition) is 4. The van der Waals surface area contributed by atoms with Gasteiger partial charge in [0.2, 0.25) is 5.91 Å². The number of anilines is 1. The quantitative estimate of drug-likeness (QED) is 0.672. The number of carbonyl (C=O) groups excluding carboxylic acids is 1. The Kier molecular flexibility index (Phi) is 4.57. The van der Waals surface area contributed by atoms with E-state index in [-0.39, 0.29) is 5.91 Å². The number of aromatic amines is 1. The second-order valence-corrected chi connectivity index (χ2v) is 6.26. The van der Waals surface area contributed by atoms with E-state index in [1.165, 1.54) is 0 Å². The zero-order valence-corrected chi connectivity index (χ0v) is 13.8. The van der Waals surface area contributed by atoms with Crippen LogP contribution in [0.3, 0.4) is 0 Å². The van der Waals surface area contributed by atoms with Crippen molar-refractivity contribution < 1.29 is 4.79 Å². The number of nitrogens with two attached hydrogens (primary N) is 1. The molecule has 1 atom stereocenters. The SMILES string of the molecule is CC(C)C[C@@H](N)C(=O)Nc1ccc(-c2ccnc3nc[nH]c23)cc1. The molecule has 0 saturated heterocycles. The van der Waals surface area contributed by atoms with Crippen LogP contribution in [-0.4, -0.2) is 26.9 Å². The Morgan fingerprint density at radius 1 is 1.21 bits per heavy atom. The van der Waals surface area contributed by atoms with Crippen molar-refractivity contribution in [3.05, 3.63) is 42.9 Å². The maximum Gasteiger partial charge on any atom is 0.241 e. The summed E-state index contributed by atoms with van der Waals surface area (Å²) in [5.41, 5.74) is 10.3. The van der Waals surface area contributed by atoms with E-state index in [4.69, 9.17) is 5.73 Å². The van der Waals surface area contributed by atoms with Crippen molar-refractivity contribution in [1.29, 1.82) is 0 Å². The molecule has 0 unspecified atom stereocenters. The van der Waals surface area contributed by atoms with E-state index in [0.29, 0.717) is 18.0 Å². The van der Waals surface area contributed by atoms with Crippen LogP contribution in [0.2, 0.25) is 0 Å². The van der Waals surface area contributed by atoms with Crippen LogP contribution in [0.25, 0.3) is 22.3 Å². The molecule has 6 nitrogen and oxygen atoms in total. The van der Waals surface area contributed by atoms with E-state index < -0.39 is 6.04 Å². The number of fused-ring (bicyclic) bond motifs is 1. The van der Waals surface area contributed by atoms with Crippen molar-refractivity contribution in [1.82, 2.24) is 15.0 Å². The molecule has 0 aliphatic rings. The second kappa shape index (κ2) is 6.80. The van der Waals surface area contributed by atoms with Crippen molar-refractivity contribution in [2.75, 3.05) is 5.32 Å². The zero-order chi connectivity index (χ0) is 17.1. The zero-order valence-electron chi connectivity index (χ0n) is 13.8. The number of aromatic nitrogens is 3. The molecule has 2 heterocycles. The monoisotopic (exact) mass is 323 g/mol. The van der Waals surface area contributed by atoms with E-state index in [1.54, 1.807) is 12.5 Å². The van der Waals surface area contributed by atoms with Gasteiger partial charge in [-0.15, -0.1) is 0 Å². The van der Waals surface area contributed by atoms with E-state index in [2.05, 4.69) is 20.3 Å². The number of nitrogens with zero attached hydrogens (tertiary/aromatic N) is 2. The molecule has 0 aliphatic carbocycles. The Morgan fingerprint density at radius 2 is 1.96 bits per heavy atom. The van der Waals surface area contributed by atoms with Gasteiger partial charge in [-0.2, -0.15) is 0 Å². The summed E-state index contributed by atoms with van der Waals surface area (Å²) in [6.07, 6.45) is 4.03. The van der Waals surface area contributed by atoms with Crippen molar-refractivity contribution in [3.8, 4) is 11.1 Å². The van der Waals surface area contributed by atoms with Gasteiger partial charge in [0.05, 0.1) is 17.9 Å². The minimum Gasteiger partial charge on any atom is -0.343 e. The minimum atomic E-state index is -0.491. The van der Waals surface area contributed by atoms with E-state index in [0.717, 1.165) is 22.3 Å². The number of carbonyl (C=O) groups is 1. The number of amides is 1. The molecule has 0 bridgehead atoms. The molecule has 3 rings (SSSR count). The molecule has 0 radical (unpaired) electrons. The summed E-state index contributed by atoms with van der Waals surface area (Å²) in [6, 6.07) is 9.11. The molecule has 0 spiro atoms. The smallest absolute Gasteiger partial charge is 0.241 e. The first-order valence-corrected chi connectivity index (χ1v) is 7.99. The van der Waals surface area contributed by atoms with E-state index in [1.807, 2.05) is 44.2 Å². The molecule has 6 heteroatoms. The Labute approximate surface area is 140 Å². The lowest BCUT2D eigenvalue weighted by Gasteiger charge is -2.14. The summed E-state index contributed by atoms with van der Waals surface area (Å²) < 4.78 is 0. The van der Waals surface area contributed by atoms with Gasteiger partial charge in [0.15, 0.2) is 5.65 Å². The maximum absolute atomic E-state index is 12.1. The Hall–Kier alpha value is -2.73. The average Bonchev–Trinajstić information content (AvgIpc) is 3.03. The van der Waals surface area contributed by atoms with Gasteiger partial charge < -0.3 is 16.0 Å². The lowest BCUT2D eigenvalue weighted by atomic mass is 10.0. The van der Waals surface area contributed by atoms with Crippen LogP contribution in [0, 0.1) is 5.92 Å². The average molecular weight is 323 g/mol. The topological polar surface area (TPSA) is 96.7 Å². The molecule has 1 aromatic carbocycles. The van der Waals surface area contributed by atoms with Crippen LogP contribution in [0.15, 0.2) is 42.9 Å². The summed E-state index contributed by atoms with van der Waals surface area (Å²) >= 11 is 0. The Bertz CT molecular complexity index is 838. The number of pyridine rings is 1. The molecule has 0 fully saturated rings. The molecule has 0 aliphatic heterocycles. The summed E-state index contributed by atoms with van der Waals surface area (Å²) in [7, 11) is 0. The third kappa shape index (κ3) is 3.44. The molecule has 4 N–H and O–H groups in total. The highest BCUT2D eigenvalue weighted by Gasteiger charge is 2.15. The first-order valence-electron chi connectivity index (χ1n) is 7.99. The maximum atomic E-state index is 12.1. The van der Waals surface area contributed by atoms with Crippen LogP contribution in [0.1, 0.15) is 20.3 Å². The highest BCUT2D eigenvalue weighted by atomic mass is 16.2. The summed E-state index contributed by atoms with van der Waals surface area (Å²) in [5, 5.41) is 2.86. The first kappa shape index (κ1) is 16.1. The van der Waals surface area contributed by atoms with Crippen LogP contribution in [0.4, 0.5) is 5.69 Å². The van der Waals surface area contributed by atoms with Gasteiger partial charge in [-0.3, -0.25) is 4.79 Å². The number of benzene rings is 1. The highest BCUT2D eigenvalue weighted by molar-refractivity contribution is 5.95. The van der Waals surface area contributed by atoms with Gasteiger partial charge in [-0.25, -0.2) is 9.97 Å². The molecule has 124 valence electrons. The van der Waals surface area contributed by atoms with Crippen molar-refractivity contribution >= 4 is 22.8 Å². The lowest BCUT2D eigenvalue weighted by Crippen LogP contribution is -2.36. The summed E-state index contributed by atoms with van der Waals surface area (Å²) in [6.45, 7) is 4.10. The number of nitrogens with one attached hydrogen (secondary N) is 2. The fourth-order valence-corrected chi connectivity index (χ4v) is 2.67. The normalized spacial score (nSPS) is 12.5.